The van der Waals surface area contributed by atoms with Gasteiger partial charge in [-0.2, -0.15) is 0 Å². The Labute approximate surface area is 135 Å². The van der Waals surface area contributed by atoms with E-state index in [0.29, 0.717) is 30.9 Å². The molecule has 0 spiro atoms. The maximum Gasteiger partial charge on any atom is 0.251 e. The molecule has 23 heavy (non-hydrogen) atoms. The number of amides is 1. The molecule has 6 nitrogen and oxygen atoms in total. The third-order valence-electron chi connectivity index (χ3n) is 3.53. The molecule has 1 aromatic carbocycles. The molecular formula is C17H22N2O4. The predicted octanol–water partition coefficient (Wildman–Crippen LogP) is 2.37. The minimum atomic E-state index is -0.421. The van der Waals surface area contributed by atoms with Crippen LogP contribution in [0, 0.1) is 13.8 Å². The zero-order valence-corrected chi connectivity index (χ0v) is 13.6. The fraction of sp³-hybridized carbons (Fsp3) is 0.412. The molecule has 1 aromatic heterocycles. The van der Waals surface area contributed by atoms with Gasteiger partial charge in [0, 0.05) is 12.1 Å². The molecule has 0 aliphatic rings. The standard InChI is InChI=1S/C17H22N2O4/c1-11(20)8-9-18-17(21)14-4-6-15(7-5-14)22-10-16-12(2)19-23-13(16)3/h4-7,11,20H,8-10H2,1-3H3,(H,18,21). The van der Waals surface area contributed by atoms with Crippen LogP contribution in [0.3, 0.4) is 0 Å². The Morgan fingerprint density at radius 3 is 2.61 bits per heavy atom. The number of ether oxygens (including phenoxy) is 1. The van der Waals surface area contributed by atoms with Crippen LogP contribution in [0.5, 0.6) is 5.75 Å². The Bertz CT molecular complexity index is 628. The third-order valence-corrected chi connectivity index (χ3v) is 3.53. The van der Waals surface area contributed by atoms with Crippen LogP contribution in [0.1, 0.15) is 40.7 Å². The van der Waals surface area contributed by atoms with Crippen molar-refractivity contribution < 1.29 is 19.2 Å². The van der Waals surface area contributed by atoms with Crippen LogP contribution in [0.4, 0.5) is 0 Å². The third kappa shape index (κ3) is 4.82. The number of carbonyl (C=O) groups is 1. The van der Waals surface area contributed by atoms with Crippen LogP contribution in [0.15, 0.2) is 28.8 Å². The smallest absolute Gasteiger partial charge is 0.251 e. The van der Waals surface area contributed by atoms with Crippen molar-refractivity contribution in [1.29, 1.82) is 0 Å². The molecule has 2 aromatic rings. The van der Waals surface area contributed by atoms with Crippen LogP contribution in [-0.2, 0) is 6.61 Å². The molecular weight excluding hydrogens is 296 g/mol. The van der Waals surface area contributed by atoms with E-state index in [2.05, 4.69) is 10.5 Å². The molecule has 2 rings (SSSR count). The van der Waals surface area contributed by atoms with E-state index in [4.69, 9.17) is 14.4 Å². The number of carbonyl (C=O) groups excluding carboxylic acids is 1. The van der Waals surface area contributed by atoms with Crippen molar-refractivity contribution in [1.82, 2.24) is 10.5 Å². The van der Waals surface area contributed by atoms with Gasteiger partial charge in [-0.25, -0.2) is 0 Å². The molecule has 1 heterocycles. The molecule has 0 aliphatic heterocycles. The number of aliphatic hydroxyl groups excluding tert-OH is 1. The highest BCUT2D eigenvalue weighted by Crippen LogP contribution is 2.17. The number of aryl methyl sites for hydroxylation is 2. The number of nitrogens with zero attached hydrogens (tertiary/aromatic N) is 1. The molecule has 1 unspecified atom stereocenters. The summed E-state index contributed by atoms with van der Waals surface area (Å²) in [6.07, 6.45) is 0.111. The first-order valence-electron chi connectivity index (χ1n) is 7.58. The molecule has 0 saturated carbocycles. The zero-order valence-electron chi connectivity index (χ0n) is 13.6. The Hall–Kier alpha value is -2.34. The molecule has 6 heteroatoms. The normalized spacial score (nSPS) is 12.0. The fourth-order valence-electron chi connectivity index (χ4n) is 2.06. The van der Waals surface area contributed by atoms with Crippen molar-refractivity contribution in [3.63, 3.8) is 0 Å². The molecule has 1 amide bonds. The lowest BCUT2D eigenvalue weighted by Gasteiger charge is -2.08. The van der Waals surface area contributed by atoms with Crippen molar-refractivity contribution in [2.45, 2.75) is 39.9 Å². The summed E-state index contributed by atoms with van der Waals surface area (Å²) in [6.45, 7) is 6.23. The first-order chi connectivity index (χ1) is 11.0. The van der Waals surface area contributed by atoms with E-state index in [0.717, 1.165) is 17.0 Å². The second-order valence-corrected chi connectivity index (χ2v) is 5.51. The maximum absolute atomic E-state index is 11.9. The lowest BCUT2D eigenvalue weighted by atomic mass is 10.2. The van der Waals surface area contributed by atoms with Gasteiger partial charge in [0.1, 0.15) is 18.1 Å². The fourth-order valence-corrected chi connectivity index (χ4v) is 2.06. The maximum atomic E-state index is 11.9. The van der Waals surface area contributed by atoms with Gasteiger partial charge in [-0.15, -0.1) is 0 Å². The van der Waals surface area contributed by atoms with Gasteiger partial charge < -0.3 is 19.7 Å². The second-order valence-electron chi connectivity index (χ2n) is 5.51. The van der Waals surface area contributed by atoms with Crippen LogP contribution in [-0.4, -0.2) is 28.8 Å². The molecule has 0 aliphatic carbocycles. The minimum absolute atomic E-state index is 0.164. The summed E-state index contributed by atoms with van der Waals surface area (Å²) < 4.78 is 10.8. The lowest BCUT2D eigenvalue weighted by molar-refractivity contribution is 0.0945. The summed E-state index contributed by atoms with van der Waals surface area (Å²) >= 11 is 0. The first kappa shape index (κ1) is 17.0. The van der Waals surface area contributed by atoms with E-state index in [1.807, 2.05) is 13.8 Å². The summed E-state index contributed by atoms with van der Waals surface area (Å²) in [7, 11) is 0. The van der Waals surface area contributed by atoms with Crippen LogP contribution in [0.25, 0.3) is 0 Å². The Morgan fingerprint density at radius 1 is 1.35 bits per heavy atom. The van der Waals surface area contributed by atoms with E-state index >= 15 is 0 Å². The quantitative estimate of drug-likeness (QED) is 0.819. The second kappa shape index (κ2) is 7.78. The highest BCUT2D eigenvalue weighted by molar-refractivity contribution is 5.94. The van der Waals surface area contributed by atoms with Crippen molar-refractivity contribution in [2.75, 3.05) is 6.54 Å². The molecule has 124 valence electrons. The van der Waals surface area contributed by atoms with Gasteiger partial charge in [0.25, 0.3) is 5.91 Å². The average molecular weight is 318 g/mol. The van der Waals surface area contributed by atoms with E-state index < -0.39 is 6.10 Å². The van der Waals surface area contributed by atoms with E-state index in [9.17, 15) is 4.79 Å². The van der Waals surface area contributed by atoms with Crippen molar-refractivity contribution >= 4 is 5.91 Å². The SMILES string of the molecule is Cc1noc(C)c1COc1ccc(C(=O)NCCC(C)O)cc1. The zero-order chi connectivity index (χ0) is 16.8. The molecule has 0 bridgehead atoms. The number of aromatic nitrogens is 1. The Kier molecular flexibility index (Phi) is 5.76. The van der Waals surface area contributed by atoms with E-state index in [-0.39, 0.29) is 5.91 Å². The number of nitrogens with one attached hydrogen (secondary N) is 1. The first-order valence-corrected chi connectivity index (χ1v) is 7.58. The van der Waals surface area contributed by atoms with Gasteiger partial charge in [0.05, 0.1) is 17.4 Å². The van der Waals surface area contributed by atoms with Gasteiger partial charge >= 0.3 is 0 Å². The van der Waals surface area contributed by atoms with Gasteiger partial charge in [-0.1, -0.05) is 5.16 Å². The predicted molar refractivity (Wildman–Crippen MR) is 85.4 cm³/mol. The number of aliphatic hydroxyl groups is 1. The molecule has 1 atom stereocenters. The Balaban J connectivity index is 1.88. The summed E-state index contributed by atoms with van der Waals surface area (Å²) in [4.78, 5) is 11.9. The Morgan fingerprint density at radius 2 is 2.04 bits per heavy atom. The summed E-state index contributed by atoms with van der Waals surface area (Å²) in [5.74, 6) is 1.25. The van der Waals surface area contributed by atoms with Gasteiger partial charge in [0.15, 0.2) is 0 Å². The van der Waals surface area contributed by atoms with Crippen LogP contribution >= 0.6 is 0 Å². The number of rotatable bonds is 7. The van der Waals surface area contributed by atoms with Gasteiger partial charge in [-0.3, -0.25) is 4.79 Å². The van der Waals surface area contributed by atoms with Gasteiger partial charge in [-0.05, 0) is 51.5 Å². The van der Waals surface area contributed by atoms with Crippen LogP contribution < -0.4 is 10.1 Å². The van der Waals surface area contributed by atoms with Crippen molar-refractivity contribution in [2.24, 2.45) is 0 Å². The highest BCUT2D eigenvalue weighted by Gasteiger charge is 2.10. The number of benzene rings is 1. The molecule has 0 saturated heterocycles. The van der Waals surface area contributed by atoms with Crippen molar-refractivity contribution in [3.8, 4) is 5.75 Å². The van der Waals surface area contributed by atoms with Crippen molar-refractivity contribution in [3.05, 3.63) is 46.8 Å². The number of hydrogen-bond acceptors (Lipinski definition) is 5. The topological polar surface area (TPSA) is 84.6 Å². The monoisotopic (exact) mass is 318 g/mol. The summed E-state index contributed by atoms with van der Waals surface area (Å²) in [5, 5.41) is 15.8. The molecule has 0 fully saturated rings. The number of hydrogen-bond donors (Lipinski definition) is 2. The largest absolute Gasteiger partial charge is 0.489 e. The highest BCUT2D eigenvalue weighted by atomic mass is 16.5. The average Bonchev–Trinajstić information content (AvgIpc) is 2.84. The summed E-state index contributed by atoms with van der Waals surface area (Å²) in [6, 6.07) is 6.92. The summed E-state index contributed by atoms with van der Waals surface area (Å²) in [5.41, 5.74) is 2.31. The van der Waals surface area contributed by atoms with E-state index in [1.165, 1.54) is 0 Å². The van der Waals surface area contributed by atoms with E-state index in [1.54, 1.807) is 31.2 Å². The molecule has 0 radical (unpaired) electrons. The molecule has 2 N–H and O–H groups in total. The van der Waals surface area contributed by atoms with Gasteiger partial charge in [0.2, 0.25) is 0 Å². The van der Waals surface area contributed by atoms with Crippen LogP contribution in [0.2, 0.25) is 0 Å². The minimum Gasteiger partial charge on any atom is -0.489 e. The lowest BCUT2D eigenvalue weighted by Crippen LogP contribution is -2.26.